The first-order valence-corrected chi connectivity index (χ1v) is 6.10. The first-order valence-electron chi connectivity index (χ1n) is 6.10. The summed E-state index contributed by atoms with van der Waals surface area (Å²) in [6, 6.07) is 7.07. The lowest BCUT2D eigenvalue weighted by atomic mass is 10.1. The Labute approximate surface area is 114 Å². The zero-order chi connectivity index (χ0) is 14.5. The van der Waals surface area contributed by atoms with Crippen molar-refractivity contribution in [2.24, 2.45) is 5.73 Å². The molecular weight excluding hydrogens is 240 g/mol. The van der Waals surface area contributed by atoms with Gasteiger partial charge in [-0.25, -0.2) is 0 Å². The largest absolute Gasteiger partial charge is 0.389 e. The van der Waals surface area contributed by atoms with Crippen molar-refractivity contribution in [3.05, 3.63) is 35.4 Å². The maximum absolute atomic E-state index is 12.2. The van der Waals surface area contributed by atoms with Gasteiger partial charge in [-0.2, -0.15) is 0 Å². The van der Waals surface area contributed by atoms with E-state index in [0.29, 0.717) is 5.56 Å². The zero-order valence-corrected chi connectivity index (χ0v) is 11.6. The number of carbonyl (C=O) groups is 1. The molecule has 0 atom stereocenters. The summed E-state index contributed by atoms with van der Waals surface area (Å²) in [5.41, 5.74) is 5.71. The molecule has 0 saturated heterocycles. The zero-order valence-electron chi connectivity index (χ0n) is 11.6. The minimum absolute atomic E-state index is 0.140. The molecule has 0 spiro atoms. The van der Waals surface area contributed by atoms with Gasteiger partial charge in [0, 0.05) is 24.7 Å². The second kappa shape index (κ2) is 6.37. The monoisotopic (exact) mass is 260 g/mol. The van der Waals surface area contributed by atoms with E-state index >= 15 is 0 Å². The molecule has 0 heterocycles. The van der Waals surface area contributed by atoms with E-state index in [1.165, 1.54) is 4.90 Å². The number of hydrogen-bond donors (Lipinski definition) is 2. The quantitative estimate of drug-likeness (QED) is 0.791. The van der Waals surface area contributed by atoms with Crippen LogP contribution in [0.5, 0.6) is 0 Å². The molecule has 1 amide bonds. The summed E-state index contributed by atoms with van der Waals surface area (Å²) in [7, 11) is 1.67. The van der Waals surface area contributed by atoms with Crippen LogP contribution in [0.2, 0.25) is 0 Å². The van der Waals surface area contributed by atoms with Gasteiger partial charge in [0.05, 0.1) is 12.1 Å². The van der Waals surface area contributed by atoms with Gasteiger partial charge in [0.1, 0.15) is 0 Å². The molecule has 1 aromatic carbocycles. The highest BCUT2D eigenvalue weighted by atomic mass is 16.3. The van der Waals surface area contributed by atoms with Gasteiger partial charge in [0.25, 0.3) is 5.91 Å². The molecule has 19 heavy (non-hydrogen) atoms. The van der Waals surface area contributed by atoms with E-state index in [1.807, 2.05) is 6.07 Å². The lowest BCUT2D eigenvalue weighted by Gasteiger charge is -2.25. The summed E-state index contributed by atoms with van der Waals surface area (Å²) < 4.78 is 0. The molecule has 0 bridgehead atoms. The first-order chi connectivity index (χ1) is 8.83. The molecule has 102 valence electrons. The molecular formula is C15H20N2O2. The van der Waals surface area contributed by atoms with Crippen LogP contribution in [0.15, 0.2) is 24.3 Å². The average Bonchev–Trinajstić information content (AvgIpc) is 2.33. The minimum Gasteiger partial charge on any atom is -0.389 e. The van der Waals surface area contributed by atoms with Crippen molar-refractivity contribution in [3.63, 3.8) is 0 Å². The standard InChI is InChI=1S/C15H20N2O2/c1-15(2,19)11-17(3)14(18)13-8-4-6-12(10-13)7-5-9-16/h4,6,8,10,19H,9,11,16H2,1-3H3. The number of hydrogen-bond acceptors (Lipinski definition) is 3. The van der Waals surface area contributed by atoms with Gasteiger partial charge >= 0.3 is 0 Å². The summed E-state index contributed by atoms with van der Waals surface area (Å²) in [5.74, 6) is 5.50. The van der Waals surface area contributed by atoms with Gasteiger partial charge in [-0.3, -0.25) is 4.79 Å². The van der Waals surface area contributed by atoms with Crippen LogP contribution in [-0.4, -0.2) is 41.7 Å². The van der Waals surface area contributed by atoms with Crippen molar-refractivity contribution in [2.45, 2.75) is 19.4 Å². The minimum atomic E-state index is -0.915. The van der Waals surface area contributed by atoms with E-state index < -0.39 is 5.60 Å². The van der Waals surface area contributed by atoms with Gasteiger partial charge < -0.3 is 15.7 Å². The molecule has 0 aromatic heterocycles. The van der Waals surface area contributed by atoms with Crippen molar-refractivity contribution < 1.29 is 9.90 Å². The molecule has 0 unspecified atom stereocenters. The van der Waals surface area contributed by atoms with Crippen LogP contribution >= 0.6 is 0 Å². The number of carbonyl (C=O) groups excluding carboxylic acids is 1. The van der Waals surface area contributed by atoms with Crippen molar-refractivity contribution in [1.82, 2.24) is 4.90 Å². The summed E-state index contributed by atoms with van der Waals surface area (Å²) >= 11 is 0. The Balaban J connectivity index is 2.88. The predicted molar refractivity (Wildman–Crippen MR) is 75.6 cm³/mol. The third-order valence-corrected chi connectivity index (χ3v) is 2.42. The van der Waals surface area contributed by atoms with Crippen molar-refractivity contribution >= 4 is 5.91 Å². The second-order valence-corrected chi connectivity index (χ2v) is 5.06. The number of nitrogens with zero attached hydrogens (tertiary/aromatic N) is 1. The summed E-state index contributed by atoms with van der Waals surface area (Å²) in [6.45, 7) is 3.89. The highest BCUT2D eigenvalue weighted by molar-refractivity contribution is 5.94. The fourth-order valence-corrected chi connectivity index (χ4v) is 1.76. The first kappa shape index (κ1) is 15.2. The van der Waals surface area contributed by atoms with Crippen molar-refractivity contribution in [3.8, 4) is 11.8 Å². The van der Waals surface area contributed by atoms with E-state index in [4.69, 9.17) is 5.73 Å². The van der Waals surface area contributed by atoms with Gasteiger partial charge in [-0.15, -0.1) is 0 Å². The van der Waals surface area contributed by atoms with Crippen molar-refractivity contribution in [1.29, 1.82) is 0 Å². The highest BCUT2D eigenvalue weighted by Crippen LogP contribution is 2.10. The summed E-state index contributed by atoms with van der Waals surface area (Å²) in [4.78, 5) is 13.7. The Morgan fingerprint density at radius 3 is 2.74 bits per heavy atom. The molecule has 0 saturated carbocycles. The molecule has 0 fully saturated rings. The lowest BCUT2D eigenvalue weighted by Crippen LogP contribution is -2.39. The second-order valence-electron chi connectivity index (χ2n) is 5.06. The normalized spacial score (nSPS) is 10.6. The fourth-order valence-electron chi connectivity index (χ4n) is 1.76. The molecule has 4 nitrogen and oxygen atoms in total. The SMILES string of the molecule is CN(CC(C)(C)O)C(=O)c1cccc(C#CCN)c1. The maximum Gasteiger partial charge on any atom is 0.253 e. The summed E-state index contributed by atoms with van der Waals surface area (Å²) in [6.07, 6.45) is 0. The van der Waals surface area contributed by atoms with E-state index in [2.05, 4.69) is 11.8 Å². The molecule has 0 radical (unpaired) electrons. The predicted octanol–water partition coefficient (Wildman–Crippen LogP) is 0.840. The smallest absolute Gasteiger partial charge is 0.253 e. The van der Waals surface area contributed by atoms with Crippen LogP contribution in [0, 0.1) is 11.8 Å². The Bertz CT molecular complexity index is 507. The van der Waals surface area contributed by atoms with Gasteiger partial charge in [-0.1, -0.05) is 17.9 Å². The molecule has 0 aliphatic carbocycles. The average molecular weight is 260 g/mol. The van der Waals surface area contributed by atoms with Crippen LogP contribution in [0.1, 0.15) is 29.8 Å². The fraction of sp³-hybridized carbons (Fsp3) is 0.400. The third kappa shape index (κ3) is 5.12. The molecule has 1 rings (SSSR count). The van der Waals surface area contributed by atoms with Crippen LogP contribution in [0.3, 0.4) is 0 Å². The van der Waals surface area contributed by atoms with E-state index in [9.17, 15) is 9.90 Å². The number of likely N-dealkylation sites (N-methyl/N-ethyl adjacent to an activating group) is 1. The number of nitrogens with two attached hydrogens (primary N) is 1. The number of aliphatic hydroxyl groups is 1. The van der Waals surface area contributed by atoms with Crippen molar-refractivity contribution in [2.75, 3.05) is 20.1 Å². The van der Waals surface area contributed by atoms with Crippen LogP contribution in [-0.2, 0) is 0 Å². The number of amides is 1. The van der Waals surface area contributed by atoms with Gasteiger partial charge in [-0.05, 0) is 32.0 Å². The van der Waals surface area contributed by atoms with Gasteiger partial charge in [0.2, 0.25) is 0 Å². The van der Waals surface area contributed by atoms with E-state index in [0.717, 1.165) is 5.56 Å². The highest BCUT2D eigenvalue weighted by Gasteiger charge is 2.20. The van der Waals surface area contributed by atoms with E-state index in [1.54, 1.807) is 39.1 Å². The maximum atomic E-state index is 12.2. The number of rotatable bonds is 3. The summed E-state index contributed by atoms with van der Waals surface area (Å²) in [5, 5.41) is 9.72. The molecule has 4 heteroatoms. The molecule has 1 aromatic rings. The number of benzene rings is 1. The van der Waals surface area contributed by atoms with E-state index in [-0.39, 0.29) is 19.0 Å². The molecule has 3 N–H and O–H groups in total. The molecule has 0 aliphatic rings. The van der Waals surface area contributed by atoms with Crippen LogP contribution < -0.4 is 5.73 Å². The Morgan fingerprint density at radius 2 is 2.16 bits per heavy atom. The topological polar surface area (TPSA) is 66.6 Å². The molecule has 0 aliphatic heterocycles. The van der Waals surface area contributed by atoms with Crippen LogP contribution in [0.4, 0.5) is 0 Å². The third-order valence-electron chi connectivity index (χ3n) is 2.42. The Kier molecular flexibility index (Phi) is 5.11. The van der Waals surface area contributed by atoms with Gasteiger partial charge in [0.15, 0.2) is 0 Å². The van der Waals surface area contributed by atoms with Crippen LogP contribution in [0.25, 0.3) is 0 Å². The Hall–Kier alpha value is -1.83. The Morgan fingerprint density at radius 1 is 1.47 bits per heavy atom. The lowest BCUT2D eigenvalue weighted by molar-refractivity contribution is 0.0368.